The second-order valence-corrected chi connectivity index (χ2v) is 15.5. The molecule has 3 heterocycles. The zero-order valence-electron chi connectivity index (χ0n) is 22.4. The highest BCUT2D eigenvalue weighted by atomic mass is 28.4. The van der Waals surface area contributed by atoms with E-state index in [1.165, 1.54) is 13.2 Å². The summed E-state index contributed by atoms with van der Waals surface area (Å²) in [5.74, 6) is -1.14. The van der Waals surface area contributed by atoms with Crippen LogP contribution >= 0.6 is 0 Å². The molecule has 204 valence electrons. The number of rotatable bonds is 10. The van der Waals surface area contributed by atoms with Crippen LogP contribution in [0.15, 0.2) is 12.7 Å². The molecule has 4 rings (SSSR count). The molecule has 3 aliphatic heterocycles. The molecule has 8 nitrogen and oxygen atoms in total. The molecule has 4 aliphatic rings. The van der Waals surface area contributed by atoms with Crippen LogP contribution in [0.4, 0.5) is 0 Å². The summed E-state index contributed by atoms with van der Waals surface area (Å²) in [6, 6.07) is 2.77. The number of ether oxygens (including phenoxy) is 5. The van der Waals surface area contributed by atoms with Crippen LogP contribution in [0, 0.1) is 0 Å². The molecule has 0 radical (unpaired) electrons. The third-order valence-corrected chi connectivity index (χ3v) is 13.4. The molecule has 1 spiro atoms. The van der Waals surface area contributed by atoms with Gasteiger partial charge in [0.15, 0.2) is 19.9 Å². The quantitative estimate of drug-likeness (QED) is 0.235. The van der Waals surface area contributed by atoms with Gasteiger partial charge in [0.05, 0.1) is 25.7 Å². The third-order valence-electron chi connectivity index (χ3n) is 8.82. The van der Waals surface area contributed by atoms with Gasteiger partial charge in [-0.2, -0.15) is 0 Å². The number of fused-ring (bicyclic) bond motifs is 3. The van der Waals surface area contributed by atoms with E-state index in [1.807, 2.05) is 0 Å². The molecule has 1 aliphatic carbocycles. The zero-order chi connectivity index (χ0) is 25.9. The first kappa shape index (κ1) is 27.9. The molecular weight excluding hydrogens is 480 g/mol. The summed E-state index contributed by atoms with van der Waals surface area (Å²) in [4.78, 5) is 25.2. The molecule has 0 aromatic carbocycles. The van der Waals surface area contributed by atoms with Gasteiger partial charge in [0.2, 0.25) is 0 Å². The molecule has 36 heavy (non-hydrogen) atoms. The fraction of sp³-hybridized carbons (Fsp3) is 0.852. The molecule has 3 saturated heterocycles. The summed E-state index contributed by atoms with van der Waals surface area (Å²) < 4.78 is 38.2. The van der Waals surface area contributed by atoms with Crippen molar-refractivity contribution in [3.05, 3.63) is 12.7 Å². The van der Waals surface area contributed by atoms with Gasteiger partial charge in [-0.3, -0.25) is 9.59 Å². The Morgan fingerprint density at radius 1 is 1.00 bits per heavy atom. The maximum Gasteiger partial charge on any atom is 0.308 e. The van der Waals surface area contributed by atoms with Crippen molar-refractivity contribution in [2.75, 3.05) is 7.11 Å². The predicted molar refractivity (Wildman–Crippen MR) is 136 cm³/mol. The maximum atomic E-state index is 13.3. The molecule has 0 aromatic heterocycles. The van der Waals surface area contributed by atoms with E-state index < -0.39 is 38.5 Å². The van der Waals surface area contributed by atoms with Gasteiger partial charge in [-0.15, -0.1) is 0 Å². The SMILES string of the molecule is C=CC(=O)[C@@H](O[Si](CC)(CC)CC)[C@@H]1O[C@H]2CC[C@H](CC(=O)OC)O[C@@H]2[C@@H]2OC3(CCCCC3)O[C@@H]21. The predicted octanol–water partition coefficient (Wildman–Crippen LogP) is 4.45. The Morgan fingerprint density at radius 3 is 2.28 bits per heavy atom. The lowest BCUT2D eigenvalue weighted by molar-refractivity contribution is -0.250. The van der Waals surface area contributed by atoms with Gasteiger partial charge in [-0.25, -0.2) is 0 Å². The van der Waals surface area contributed by atoms with Gasteiger partial charge in [0.1, 0.15) is 30.5 Å². The average molecular weight is 525 g/mol. The highest BCUT2D eigenvalue weighted by Gasteiger charge is 2.62. The Hall–Kier alpha value is -1.10. The number of ketones is 1. The largest absolute Gasteiger partial charge is 0.469 e. The monoisotopic (exact) mass is 524 g/mol. The van der Waals surface area contributed by atoms with Crippen molar-refractivity contribution >= 4 is 20.1 Å². The van der Waals surface area contributed by atoms with Crippen molar-refractivity contribution in [3.63, 3.8) is 0 Å². The number of methoxy groups -OCH3 is 1. The van der Waals surface area contributed by atoms with Crippen molar-refractivity contribution in [1.82, 2.24) is 0 Å². The Kier molecular flexibility index (Phi) is 9.11. The van der Waals surface area contributed by atoms with E-state index in [9.17, 15) is 9.59 Å². The second-order valence-electron chi connectivity index (χ2n) is 10.7. The van der Waals surface area contributed by atoms with Crippen LogP contribution in [0.2, 0.25) is 18.1 Å². The number of hydrogen-bond donors (Lipinski definition) is 0. The standard InChI is InChI=1S/C27H44O8Si/c1-6-19(28)22(35-36(7-2,8-3)9-4)24-26-25(33-27(34-26)15-11-10-12-16-27)23-20(32-24)14-13-18(31-23)17-21(29)30-5/h6,18,20,22-26H,1,7-17H2,2-5H3/t18-,20+,22-,23+,24+,25+,26-/m1/s1. The van der Waals surface area contributed by atoms with Crippen LogP contribution in [0.3, 0.4) is 0 Å². The minimum Gasteiger partial charge on any atom is -0.469 e. The first-order valence-corrected chi connectivity index (χ1v) is 16.4. The fourth-order valence-corrected chi connectivity index (χ4v) is 9.22. The van der Waals surface area contributed by atoms with Crippen LogP contribution in [-0.4, -0.2) is 75.7 Å². The summed E-state index contributed by atoms with van der Waals surface area (Å²) >= 11 is 0. The second kappa shape index (κ2) is 11.7. The normalized spacial score (nSPS) is 34.4. The lowest BCUT2D eigenvalue weighted by Gasteiger charge is -2.48. The minimum absolute atomic E-state index is 0.169. The highest BCUT2D eigenvalue weighted by molar-refractivity contribution is 6.73. The molecule has 0 aromatic rings. The van der Waals surface area contributed by atoms with E-state index >= 15 is 0 Å². The van der Waals surface area contributed by atoms with Crippen molar-refractivity contribution in [2.24, 2.45) is 0 Å². The Balaban J connectivity index is 1.64. The van der Waals surface area contributed by atoms with E-state index in [1.54, 1.807) is 0 Å². The van der Waals surface area contributed by atoms with Gasteiger partial charge < -0.3 is 28.1 Å². The topological polar surface area (TPSA) is 89.5 Å². The Bertz CT molecular complexity index is 784. The summed E-state index contributed by atoms with van der Waals surface area (Å²) in [6.07, 6.45) is 4.63. The summed E-state index contributed by atoms with van der Waals surface area (Å²) in [5.41, 5.74) is 0. The van der Waals surface area contributed by atoms with Gasteiger partial charge in [0, 0.05) is 12.8 Å². The van der Waals surface area contributed by atoms with Crippen molar-refractivity contribution in [2.45, 2.75) is 139 Å². The van der Waals surface area contributed by atoms with Crippen LogP contribution in [0.1, 0.15) is 72.1 Å². The molecule has 9 heteroatoms. The highest BCUT2D eigenvalue weighted by Crippen LogP contribution is 2.48. The minimum atomic E-state index is -2.14. The van der Waals surface area contributed by atoms with Crippen LogP contribution in [0.5, 0.6) is 0 Å². The lowest BCUT2D eigenvalue weighted by Crippen LogP contribution is -2.64. The summed E-state index contributed by atoms with van der Waals surface area (Å²) in [7, 11) is -0.749. The number of carbonyl (C=O) groups is 2. The zero-order valence-corrected chi connectivity index (χ0v) is 23.4. The maximum absolute atomic E-state index is 13.3. The van der Waals surface area contributed by atoms with Crippen LogP contribution in [-0.2, 0) is 37.7 Å². The van der Waals surface area contributed by atoms with E-state index in [-0.39, 0.29) is 36.5 Å². The van der Waals surface area contributed by atoms with E-state index in [0.29, 0.717) is 12.8 Å². The van der Waals surface area contributed by atoms with Gasteiger partial charge >= 0.3 is 5.97 Å². The molecular formula is C27H44O8Si. The van der Waals surface area contributed by atoms with Crippen LogP contribution < -0.4 is 0 Å². The van der Waals surface area contributed by atoms with E-state index in [4.69, 9.17) is 28.1 Å². The molecule has 0 N–H and O–H groups in total. The Morgan fingerprint density at radius 2 is 1.67 bits per heavy atom. The van der Waals surface area contributed by atoms with E-state index in [0.717, 1.165) is 50.2 Å². The number of esters is 1. The fourth-order valence-electron chi connectivity index (χ4n) is 6.43. The summed E-state index contributed by atoms with van der Waals surface area (Å²) in [6.45, 7) is 10.2. The average Bonchev–Trinajstić information content (AvgIpc) is 3.28. The van der Waals surface area contributed by atoms with Crippen LogP contribution in [0.25, 0.3) is 0 Å². The molecule has 4 fully saturated rings. The third kappa shape index (κ3) is 5.52. The molecule has 0 bridgehead atoms. The Labute approximate surface area is 216 Å². The molecule has 0 unspecified atom stereocenters. The van der Waals surface area contributed by atoms with Crippen molar-refractivity contribution in [1.29, 1.82) is 0 Å². The molecule has 0 amide bonds. The van der Waals surface area contributed by atoms with E-state index in [2.05, 4.69) is 27.4 Å². The van der Waals surface area contributed by atoms with Crippen molar-refractivity contribution < 1.29 is 37.7 Å². The molecule has 1 saturated carbocycles. The first-order valence-electron chi connectivity index (χ1n) is 13.9. The van der Waals surface area contributed by atoms with Crippen molar-refractivity contribution in [3.8, 4) is 0 Å². The van der Waals surface area contributed by atoms with Gasteiger partial charge in [-0.05, 0) is 49.9 Å². The lowest BCUT2D eigenvalue weighted by atomic mass is 9.86. The number of hydrogen-bond acceptors (Lipinski definition) is 8. The first-order chi connectivity index (χ1) is 17.3. The summed E-state index contributed by atoms with van der Waals surface area (Å²) in [5, 5.41) is 0. The molecule has 7 atom stereocenters. The van der Waals surface area contributed by atoms with Gasteiger partial charge in [0.25, 0.3) is 0 Å². The number of carbonyl (C=O) groups excluding carboxylic acids is 2. The smallest absolute Gasteiger partial charge is 0.308 e. The van der Waals surface area contributed by atoms with Gasteiger partial charge in [-0.1, -0.05) is 33.8 Å².